The summed E-state index contributed by atoms with van der Waals surface area (Å²) in [5.74, 6) is 0.447. The SMILES string of the molecule is CCCC(C)NC(=O)C1CCCN(C(=O)c2ccccc2OC)C1. The molecule has 1 N–H and O–H groups in total. The Kier molecular flexibility index (Phi) is 6.64. The van der Waals surface area contributed by atoms with Crippen LogP contribution in [0.1, 0.15) is 49.9 Å². The lowest BCUT2D eigenvalue weighted by Gasteiger charge is -2.33. The highest BCUT2D eigenvalue weighted by Crippen LogP contribution is 2.23. The van der Waals surface area contributed by atoms with Crippen molar-refractivity contribution in [3.8, 4) is 5.75 Å². The number of benzene rings is 1. The van der Waals surface area contributed by atoms with Crippen LogP contribution in [-0.4, -0.2) is 43.0 Å². The van der Waals surface area contributed by atoms with E-state index < -0.39 is 0 Å². The van der Waals surface area contributed by atoms with Crippen molar-refractivity contribution in [2.45, 2.75) is 45.6 Å². The van der Waals surface area contributed by atoms with Gasteiger partial charge in [-0.3, -0.25) is 9.59 Å². The van der Waals surface area contributed by atoms with Crippen LogP contribution in [0.2, 0.25) is 0 Å². The number of carbonyl (C=O) groups excluding carboxylic acids is 2. The van der Waals surface area contributed by atoms with E-state index in [0.717, 1.165) is 25.7 Å². The van der Waals surface area contributed by atoms with Crippen LogP contribution in [0, 0.1) is 5.92 Å². The first-order valence-electron chi connectivity index (χ1n) is 8.79. The van der Waals surface area contributed by atoms with Crippen LogP contribution in [0.15, 0.2) is 24.3 Å². The van der Waals surface area contributed by atoms with Crippen LogP contribution in [0.25, 0.3) is 0 Å². The van der Waals surface area contributed by atoms with Crippen molar-refractivity contribution in [2.75, 3.05) is 20.2 Å². The van der Waals surface area contributed by atoms with Gasteiger partial charge in [-0.15, -0.1) is 0 Å². The molecule has 0 spiro atoms. The van der Waals surface area contributed by atoms with E-state index in [4.69, 9.17) is 4.74 Å². The summed E-state index contributed by atoms with van der Waals surface area (Å²) < 4.78 is 5.28. The quantitative estimate of drug-likeness (QED) is 0.871. The fourth-order valence-corrected chi connectivity index (χ4v) is 3.23. The molecule has 5 nitrogen and oxygen atoms in total. The fourth-order valence-electron chi connectivity index (χ4n) is 3.23. The number of ether oxygens (including phenoxy) is 1. The highest BCUT2D eigenvalue weighted by Gasteiger charge is 2.30. The summed E-state index contributed by atoms with van der Waals surface area (Å²) >= 11 is 0. The fraction of sp³-hybridized carbons (Fsp3) is 0.579. The molecule has 1 aliphatic heterocycles. The van der Waals surface area contributed by atoms with Crippen molar-refractivity contribution < 1.29 is 14.3 Å². The van der Waals surface area contributed by atoms with Crippen molar-refractivity contribution in [3.63, 3.8) is 0 Å². The van der Waals surface area contributed by atoms with Crippen molar-refractivity contribution in [1.82, 2.24) is 10.2 Å². The number of para-hydroxylation sites is 1. The highest BCUT2D eigenvalue weighted by atomic mass is 16.5. The molecule has 0 bridgehead atoms. The van der Waals surface area contributed by atoms with E-state index in [1.807, 2.05) is 19.1 Å². The summed E-state index contributed by atoms with van der Waals surface area (Å²) in [5, 5.41) is 3.07. The van der Waals surface area contributed by atoms with E-state index in [1.165, 1.54) is 0 Å². The van der Waals surface area contributed by atoms with Crippen molar-refractivity contribution in [1.29, 1.82) is 0 Å². The van der Waals surface area contributed by atoms with E-state index in [1.54, 1.807) is 24.1 Å². The van der Waals surface area contributed by atoms with Gasteiger partial charge < -0.3 is 15.0 Å². The lowest BCUT2D eigenvalue weighted by atomic mass is 9.96. The molecule has 24 heavy (non-hydrogen) atoms. The lowest BCUT2D eigenvalue weighted by molar-refractivity contribution is -0.127. The molecule has 132 valence electrons. The standard InChI is InChI=1S/C19H28N2O3/c1-4-8-14(2)20-18(22)15-9-7-12-21(13-15)19(23)16-10-5-6-11-17(16)24-3/h5-6,10-11,14-15H,4,7-9,12-13H2,1-3H3,(H,20,22). The largest absolute Gasteiger partial charge is 0.496 e. The summed E-state index contributed by atoms with van der Waals surface area (Å²) in [6, 6.07) is 7.41. The average Bonchev–Trinajstić information content (AvgIpc) is 2.61. The topological polar surface area (TPSA) is 58.6 Å². The molecule has 1 aromatic rings. The molecule has 1 saturated heterocycles. The van der Waals surface area contributed by atoms with Gasteiger partial charge in [-0.2, -0.15) is 0 Å². The lowest BCUT2D eigenvalue weighted by Crippen LogP contribution is -2.47. The van der Waals surface area contributed by atoms with E-state index in [9.17, 15) is 9.59 Å². The Bertz CT molecular complexity index is 573. The van der Waals surface area contributed by atoms with E-state index in [2.05, 4.69) is 12.2 Å². The number of hydrogen-bond donors (Lipinski definition) is 1. The Hall–Kier alpha value is -2.04. The minimum Gasteiger partial charge on any atom is -0.496 e. The Morgan fingerprint density at radius 2 is 2.12 bits per heavy atom. The van der Waals surface area contributed by atoms with Crippen LogP contribution in [0.5, 0.6) is 5.75 Å². The summed E-state index contributed by atoms with van der Waals surface area (Å²) in [7, 11) is 1.56. The molecule has 5 heteroatoms. The molecular weight excluding hydrogens is 304 g/mol. The molecule has 0 aromatic heterocycles. The normalized spacial score (nSPS) is 18.8. The van der Waals surface area contributed by atoms with E-state index >= 15 is 0 Å². The number of likely N-dealkylation sites (tertiary alicyclic amines) is 1. The second kappa shape index (κ2) is 8.71. The van der Waals surface area contributed by atoms with Crippen molar-refractivity contribution >= 4 is 11.8 Å². The Balaban J connectivity index is 2.02. The molecule has 1 aromatic carbocycles. The van der Waals surface area contributed by atoms with Crippen LogP contribution in [-0.2, 0) is 4.79 Å². The number of hydrogen-bond acceptors (Lipinski definition) is 3. The van der Waals surface area contributed by atoms with Gasteiger partial charge in [0.15, 0.2) is 0 Å². The summed E-state index contributed by atoms with van der Waals surface area (Å²) in [6.45, 7) is 5.30. The van der Waals surface area contributed by atoms with Gasteiger partial charge in [0.05, 0.1) is 18.6 Å². The number of piperidine rings is 1. The molecule has 2 rings (SSSR count). The highest BCUT2D eigenvalue weighted by molar-refractivity contribution is 5.97. The van der Waals surface area contributed by atoms with Gasteiger partial charge in [0.1, 0.15) is 5.75 Å². The summed E-state index contributed by atoms with van der Waals surface area (Å²) in [5.41, 5.74) is 0.556. The minimum atomic E-state index is -0.128. The third-order valence-corrected chi connectivity index (χ3v) is 4.53. The first-order chi connectivity index (χ1) is 11.6. The van der Waals surface area contributed by atoms with Gasteiger partial charge >= 0.3 is 0 Å². The molecule has 1 fully saturated rings. The van der Waals surface area contributed by atoms with Gasteiger partial charge in [0.25, 0.3) is 5.91 Å². The molecule has 0 radical (unpaired) electrons. The molecule has 0 aliphatic carbocycles. The number of nitrogens with one attached hydrogen (secondary N) is 1. The third kappa shape index (κ3) is 4.49. The van der Waals surface area contributed by atoms with Crippen LogP contribution < -0.4 is 10.1 Å². The molecule has 0 saturated carbocycles. The zero-order valence-electron chi connectivity index (χ0n) is 14.9. The van der Waals surface area contributed by atoms with Gasteiger partial charge in [-0.25, -0.2) is 0 Å². The number of methoxy groups -OCH3 is 1. The third-order valence-electron chi connectivity index (χ3n) is 4.53. The zero-order valence-corrected chi connectivity index (χ0v) is 14.9. The second-order valence-corrected chi connectivity index (χ2v) is 6.49. The molecule has 2 atom stereocenters. The molecule has 1 aliphatic rings. The summed E-state index contributed by atoms with van der Waals surface area (Å²) in [4.78, 5) is 27.0. The van der Waals surface area contributed by atoms with Gasteiger partial charge in [-0.05, 0) is 38.3 Å². The number of nitrogens with zero attached hydrogens (tertiary/aromatic N) is 1. The van der Waals surface area contributed by atoms with Crippen LogP contribution in [0.3, 0.4) is 0 Å². The maximum absolute atomic E-state index is 12.8. The van der Waals surface area contributed by atoms with E-state index in [0.29, 0.717) is 24.4 Å². The van der Waals surface area contributed by atoms with Crippen molar-refractivity contribution in [3.05, 3.63) is 29.8 Å². The monoisotopic (exact) mass is 332 g/mol. The Morgan fingerprint density at radius 3 is 2.83 bits per heavy atom. The molecule has 1 heterocycles. The molecule has 2 amide bonds. The van der Waals surface area contributed by atoms with Crippen LogP contribution in [0.4, 0.5) is 0 Å². The Morgan fingerprint density at radius 1 is 1.38 bits per heavy atom. The second-order valence-electron chi connectivity index (χ2n) is 6.49. The Labute approximate surface area is 144 Å². The first-order valence-corrected chi connectivity index (χ1v) is 8.79. The van der Waals surface area contributed by atoms with Gasteiger partial charge in [0, 0.05) is 19.1 Å². The minimum absolute atomic E-state index is 0.0634. The van der Waals surface area contributed by atoms with E-state index in [-0.39, 0.29) is 23.8 Å². The number of amides is 2. The summed E-state index contributed by atoms with van der Waals surface area (Å²) in [6.07, 6.45) is 3.70. The van der Waals surface area contributed by atoms with Gasteiger partial charge in [-0.1, -0.05) is 25.5 Å². The predicted octanol–water partition coefficient (Wildman–Crippen LogP) is 2.85. The molecular formula is C19H28N2O3. The smallest absolute Gasteiger partial charge is 0.257 e. The zero-order chi connectivity index (χ0) is 17.5. The first kappa shape index (κ1) is 18.3. The van der Waals surface area contributed by atoms with Crippen LogP contribution >= 0.6 is 0 Å². The number of rotatable bonds is 6. The van der Waals surface area contributed by atoms with Gasteiger partial charge in [0.2, 0.25) is 5.91 Å². The van der Waals surface area contributed by atoms with Crippen molar-refractivity contribution in [2.24, 2.45) is 5.92 Å². The number of carbonyl (C=O) groups is 2. The predicted molar refractivity (Wildman–Crippen MR) is 94.1 cm³/mol. The maximum Gasteiger partial charge on any atom is 0.257 e. The molecule has 2 unspecified atom stereocenters. The average molecular weight is 332 g/mol. The maximum atomic E-state index is 12.8.